The van der Waals surface area contributed by atoms with Crippen LogP contribution in [0.5, 0.6) is 5.75 Å². The van der Waals surface area contributed by atoms with E-state index in [-0.39, 0.29) is 24.8 Å². The van der Waals surface area contributed by atoms with Crippen LogP contribution in [0.1, 0.15) is 15.9 Å². The first-order chi connectivity index (χ1) is 11.5. The van der Waals surface area contributed by atoms with Gasteiger partial charge in [0.15, 0.2) is 18.2 Å². The van der Waals surface area contributed by atoms with Crippen LogP contribution in [-0.2, 0) is 16.1 Å². The molecular weight excluding hydrogens is 381 g/mol. The van der Waals surface area contributed by atoms with Crippen molar-refractivity contribution in [1.29, 1.82) is 0 Å². The maximum atomic E-state index is 13.6. The lowest BCUT2D eigenvalue weighted by Gasteiger charge is -2.09. The summed E-state index contributed by atoms with van der Waals surface area (Å²) in [4.78, 5) is 23.1. The molecule has 126 valence electrons. The van der Waals surface area contributed by atoms with E-state index in [1.807, 2.05) is 0 Å². The van der Waals surface area contributed by atoms with Crippen LogP contribution in [0, 0.1) is 5.82 Å². The van der Waals surface area contributed by atoms with E-state index in [9.17, 15) is 14.0 Å². The van der Waals surface area contributed by atoms with Crippen molar-refractivity contribution < 1.29 is 23.5 Å². The normalized spacial score (nSPS) is 10.1. The second kappa shape index (κ2) is 8.44. The van der Waals surface area contributed by atoms with Crippen molar-refractivity contribution in [2.75, 3.05) is 13.7 Å². The molecule has 1 N–H and O–H groups in total. The number of hydrogen-bond acceptors (Lipinski definition) is 4. The van der Waals surface area contributed by atoms with Gasteiger partial charge in [-0.05, 0) is 35.9 Å². The highest BCUT2D eigenvalue weighted by molar-refractivity contribution is 9.10. The Balaban J connectivity index is 1.81. The Morgan fingerprint density at radius 1 is 1.17 bits per heavy atom. The molecule has 0 unspecified atom stereocenters. The number of amides is 1. The molecule has 0 saturated carbocycles. The fourth-order valence-corrected chi connectivity index (χ4v) is 2.20. The van der Waals surface area contributed by atoms with E-state index in [2.05, 4.69) is 26.0 Å². The number of benzene rings is 2. The first kappa shape index (κ1) is 17.9. The third-order valence-electron chi connectivity index (χ3n) is 3.12. The first-order valence-electron chi connectivity index (χ1n) is 7.01. The molecule has 0 atom stereocenters. The van der Waals surface area contributed by atoms with E-state index in [0.29, 0.717) is 10.0 Å². The van der Waals surface area contributed by atoms with Gasteiger partial charge in [0, 0.05) is 11.0 Å². The zero-order chi connectivity index (χ0) is 17.5. The van der Waals surface area contributed by atoms with Crippen LogP contribution in [0.15, 0.2) is 46.9 Å². The van der Waals surface area contributed by atoms with Crippen LogP contribution in [0.3, 0.4) is 0 Å². The molecule has 0 aliphatic carbocycles. The molecule has 1 amide bonds. The van der Waals surface area contributed by atoms with Crippen LogP contribution in [0.4, 0.5) is 4.39 Å². The lowest BCUT2D eigenvalue weighted by Crippen LogP contribution is -2.28. The summed E-state index contributed by atoms with van der Waals surface area (Å²) in [5.41, 5.74) is 1.24. The van der Waals surface area contributed by atoms with Gasteiger partial charge >= 0.3 is 5.97 Å². The van der Waals surface area contributed by atoms with Gasteiger partial charge in [-0.15, -0.1) is 0 Å². The third-order valence-corrected chi connectivity index (χ3v) is 3.61. The minimum absolute atomic E-state index is 0.00998. The number of hydrogen-bond donors (Lipinski definition) is 1. The number of esters is 1. The molecule has 0 radical (unpaired) electrons. The van der Waals surface area contributed by atoms with E-state index in [0.717, 1.165) is 5.56 Å². The molecule has 7 heteroatoms. The highest BCUT2D eigenvalue weighted by atomic mass is 79.9. The SMILES string of the molecule is COC(=O)c1ccc(CNC(=O)COc2ccc(Br)cc2F)cc1. The summed E-state index contributed by atoms with van der Waals surface area (Å²) in [7, 11) is 1.31. The van der Waals surface area contributed by atoms with Gasteiger partial charge < -0.3 is 14.8 Å². The Labute approximate surface area is 146 Å². The molecule has 0 heterocycles. The molecule has 0 fully saturated rings. The van der Waals surface area contributed by atoms with Gasteiger partial charge in [0.25, 0.3) is 5.91 Å². The average molecular weight is 396 g/mol. The summed E-state index contributed by atoms with van der Waals surface area (Å²) in [6, 6.07) is 11.0. The number of methoxy groups -OCH3 is 1. The Kier molecular flexibility index (Phi) is 6.31. The molecular formula is C17H15BrFNO4. The van der Waals surface area contributed by atoms with Crippen molar-refractivity contribution in [2.45, 2.75) is 6.54 Å². The number of carbonyl (C=O) groups excluding carboxylic acids is 2. The molecule has 0 aromatic heterocycles. The van der Waals surface area contributed by atoms with Gasteiger partial charge in [0.05, 0.1) is 12.7 Å². The van der Waals surface area contributed by atoms with E-state index in [1.54, 1.807) is 30.3 Å². The summed E-state index contributed by atoms with van der Waals surface area (Å²) < 4.78 is 23.9. The van der Waals surface area contributed by atoms with Crippen molar-refractivity contribution in [3.63, 3.8) is 0 Å². The largest absolute Gasteiger partial charge is 0.481 e. The molecule has 2 aromatic rings. The van der Waals surface area contributed by atoms with Gasteiger partial charge in [-0.1, -0.05) is 28.1 Å². The Morgan fingerprint density at radius 2 is 1.88 bits per heavy atom. The fourth-order valence-electron chi connectivity index (χ4n) is 1.86. The van der Waals surface area contributed by atoms with E-state index >= 15 is 0 Å². The van der Waals surface area contributed by atoms with Gasteiger partial charge in [-0.25, -0.2) is 9.18 Å². The number of rotatable bonds is 6. The number of halogens is 2. The fraction of sp³-hybridized carbons (Fsp3) is 0.176. The summed E-state index contributed by atoms with van der Waals surface area (Å²) in [5.74, 6) is -1.34. The van der Waals surface area contributed by atoms with Crippen molar-refractivity contribution in [3.8, 4) is 5.75 Å². The Bertz CT molecular complexity index is 734. The molecule has 5 nitrogen and oxygen atoms in total. The van der Waals surface area contributed by atoms with Crippen molar-refractivity contribution >= 4 is 27.8 Å². The van der Waals surface area contributed by atoms with Crippen molar-refractivity contribution in [1.82, 2.24) is 5.32 Å². The summed E-state index contributed by atoms with van der Waals surface area (Å²) in [6.07, 6.45) is 0. The molecule has 0 saturated heterocycles. The Morgan fingerprint density at radius 3 is 2.50 bits per heavy atom. The quantitative estimate of drug-likeness (QED) is 0.763. The maximum Gasteiger partial charge on any atom is 0.337 e. The van der Waals surface area contributed by atoms with Crippen LogP contribution >= 0.6 is 15.9 Å². The van der Waals surface area contributed by atoms with E-state index in [4.69, 9.17) is 4.74 Å². The monoisotopic (exact) mass is 395 g/mol. The van der Waals surface area contributed by atoms with Crippen LogP contribution in [-0.4, -0.2) is 25.6 Å². The predicted octanol–water partition coefficient (Wildman–Crippen LogP) is 3.07. The summed E-state index contributed by atoms with van der Waals surface area (Å²) in [6.45, 7) is -0.0226. The van der Waals surface area contributed by atoms with Crippen molar-refractivity contribution in [3.05, 3.63) is 63.9 Å². The van der Waals surface area contributed by atoms with Gasteiger partial charge in [0.2, 0.25) is 0 Å². The molecule has 2 rings (SSSR count). The minimum atomic E-state index is -0.546. The second-order valence-corrected chi connectivity index (χ2v) is 5.74. The lowest BCUT2D eigenvalue weighted by molar-refractivity contribution is -0.123. The lowest BCUT2D eigenvalue weighted by atomic mass is 10.1. The van der Waals surface area contributed by atoms with Crippen LogP contribution < -0.4 is 10.1 Å². The number of ether oxygens (including phenoxy) is 2. The van der Waals surface area contributed by atoms with Crippen molar-refractivity contribution in [2.24, 2.45) is 0 Å². The van der Waals surface area contributed by atoms with Gasteiger partial charge in [-0.3, -0.25) is 4.79 Å². The second-order valence-electron chi connectivity index (χ2n) is 4.83. The zero-order valence-electron chi connectivity index (χ0n) is 12.8. The zero-order valence-corrected chi connectivity index (χ0v) is 14.4. The van der Waals surface area contributed by atoms with Crippen LogP contribution in [0.2, 0.25) is 0 Å². The highest BCUT2D eigenvalue weighted by Crippen LogP contribution is 2.21. The minimum Gasteiger partial charge on any atom is -0.481 e. The first-order valence-corrected chi connectivity index (χ1v) is 7.80. The standard InChI is InChI=1S/C17H15BrFNO4/c1-23-17(22)12-4-2-11(3-5-12)9-20-16(21)10-24-15-7-6-13(18)8-14(15)19/h2-8H,9-10H2,1H3,(H,20,21). The Hall–Kier alpha value is -2.41. The highest BCUT2D eigenvalue weighted by Gasteiger charge is 2.08. The average Bonchev–Trinajstić information content (AvgIpc) is 2.59. The topological polar surface area (TPSA) is 64.6 Å². The third kappa shape index (κ3) is 5.06. The molecule has 0 bridgehead atoms. The predicted molar refractivity (Wildman–Crippen MR) is 89.2 cm³/mol. The molecule has 0 aliphatic heterocycles. The van der Waals surface area contributed by atoms with Crippen LogP contribution in [0.25, 0.3) is 0 Å². The smallest absolute Gasteiger partial charge is 0.337 e. The molecule has 24 heavy (non-hydrogen) atoms. The molecule has 2 aromatic carbocycles. The van der Waals surface area contributed by atoms with E-state index < -0.39 is 11.8 Å². The maximum absolute atomic E-state index is 13.6. The number of nitrogens with one attached hydrogen (secondary N) is 1. The molecule has 0 aliphatic rings. The number of carbonyl (C=O) groups is 2. The van der Waals surface area contributed by atoms with Gasteiger partial charge in [0.1, 0.15) is 0 Å². The summed E-state index contributed by atoms with van der Waals surface area (Å²) >= 11 is 3.14. The summed E-state index contributed by atoms with van der Waals surface area (Å²) in [5, 5.41) is 2.65. The van der Waals surface area contributed by atoms with E-state index in [1.165, 1.54) is 19.2 Å². The van der Waals surface area contributed by atoms with Gasteiger partial charge in [-0.2, -0.15) is 0 Å². The molecule has 0 spiro atoms.